The van der Waals surface area contributed by atoms with Crippen molar-refractivity contribution < 1.29 is 6.17 Å². The first-order valence-corrected chi connectivity index (χ1v) is 11.8. The first-order chi connectivity index (χ1) is 14.9. The third-order valence-corrected chi connectivity index (χ3v) is 8.12. The van der Waals surface area contributed by atoms with Crippen molar-refractivity contribution in [2.24, 2.45) is 5.41 Å². The van der Waals surface area contributed by atoms with E-state index in [4.69, 9.17) is 24.6 Å². The average Bonchev–Trinajstić information content (AvgIpc) is 2.99. The highest BCUT2D eigenvalue weighted by molar-refractivity contribution is 7.20. The van der Waals surface area contributed by atoms with Crippen molar-refractivity contribution in [1.82, 2.24) is 5.32 Å². The minimum absolute atomic E-state index is 0.0849. The summed E-state index contributed by atoms with van der Waals surface area (Å²) >= 11 is 14.2. The fourth-order valence-electron chi connectivity index (χ4n) is 4.67. The van der Waals surface area contributed by atoms with Gasteiger partial charge in [-0.2, -0.15) is 0 Å². The van der Waals surface area contributed by atoms with E-state index in [1.165, 1.54) is 16.9 Å². The molecule has 1 spiro atoms. The van der Waals surface area contributed by atoms with E-state index >= 15 is 0 Å². The molecule has 5 heteroatoms. The Labute approximate surface area is 192 Å². The van der Waals surface area contributed by atoms with Crippen LogP contribution in [0.2, 0.25) is 8.67 Å². The maximum atomic E-state index is 13.0. The topological polar surface area (TPSA) is 29.1 Å². The Morgan fingerprint density at radius 3 is 2.37 bits per heavy atom. The molecule has 3 aromatic rings. The van der Waals surface area contributed by atoms with Crippen molar-refractivity contribution in [2.45, 2.75) is 44.5 Å². The van der Waals surface area contributed by atoms with Crippen LogP contribution in [-0.4, -0.2) is 11.9 Å². The molecular formula is C25H23Cl2NOS. The van der Waals surface area contributed by atoms with E-state index in [1.54, 1.807) is 0 Å². The average molecular weight is 457 g/mol. The molecule has 5 rings (SSSR count). The smallest absolute Gasteiger partial charge is 0.254 e. The summed E-state index contributed by atoms with van der Waals surface area (Å²) in [4.78, 5) is 13.0. The summed E-state index contributed by atoms with van der Waals surface area (Å²) < 4.78 is 8.78. The molecule has 0 atom stereocenters. The van der Waals surface area contributed by atoms with Gasteiger partial charge in [-0.05, 0) is 47.8 Å². The first-order valence-electron chi connectivity index (χ1n) is 10.8. The molecule has 2 aliphatic carbocycles. The molecule has 2 aromatic carbocycles. The maximum Gasteiger partial charge on any atom is 0.254 e. The molecule has 30 heavy (non-hydrogen) atoms. The van der Waals surface area contributed by atoms with Crippen molar-refractivity contribution >= 4 is 40.4 Å². The van der Waals surface area contributed by atoms with Gasteiger partial charge in [-0.15, -0.1) is 11.3 Å². The summed E-state index contributed by atoms with van der Waals surface area (Å²) in [7, 11) is 0. The van der Waals surface area contributed by atoms with E-state index in [-0.39, 0.29) is 18.3 Å². The summed E-state index contributed by atoms with van der Waals surface area (Å²) in [6.07, 6.45) is 4.53. The SMILES string of the molecule is [2H]C1CC2(C1)CC(NC(=O)c1c(Cl)sc(Cl)c1Cc1ccc(-c3ccccc3)cc1)C2. The lowest BCUT2D eigenvalue weighted by atomic mass is 9.54. The van der Waals surface area contributed by atoms with Gasteiger partial charge in [0.25, 0.3) is 5.91 Å². The van der Waals surface area contributed by atoms with E-state index in [9.17, 15) is 4.79 Å². The number of amides is 1. The minimum atomic E-state index is -0.134. The second kappa shape index (κ2) is 8.03. The zero-order valence-corrected chi connectivity index (χ0v) is 18.8. The van der Waals surface area contributed by atoms with Crippen molar-refractivity contribution in [2.75, 3.05) is 0 Å². The molecular weight excluding hydrogens is 433 g/mol. The lowest BCUT2D eigenvalue weighted by Gasteiger charge is -2.54. The summed E-state index contributed by atoms with van der Waals surface area (Å²) in [5.74, 6) is -0.134. The highest BCUT2D eigenvalue weighted by Gasteiger charge is 2.48. The molecule has 1 aromatic heterocycles. The zero-order chi connectivity index (χ0) is 21.6. The lowest BCUT2D eigenvalue weighted by molar-refractivity contribution is -0.000624. The molecule has 0 aliphatic heterocycles. The number of hydrogen-bond acceptors (Lipinski definition) is 2. The molecule has 2 nitrogen and oxygen atoms in total. The van der Waals surface area contributed by atoms with Crippen LogP contribution in [0.15, 0.2) is 54.6 Å². The summed E-state index contributed by atoms with van der Waals surface area (Å²) in [6.45, 7) is 0. The maximum absolute atomic E-state index is 13.0. The second-order valence-corrected chi connectivity index (χ2v) is 10.7. The van der Waals surface area contributed by atoms with Gasteiger partial charge in [0.1, 0.15) is 4.34 Å². The Morgan fingerprint density at radius 2 is 1.70 bits per heavy atom. The van der Waals surface area contributed by atoms with Crippen molar-refractivity contribution in [3.05, 3.63) is 80.0 Å². The minimum Gasteiger partial charge on any atom is -0.349 e. The number of rotatable bonds is 5. The highest BCUT2D eigenvalue weighted by Crippen LogP contribution is 2.55. The normalized spacial score (nSPS) is 25.3. The number of halogens is 2. The van der Waals surface area contributed by atoms with Crippen LogP contribution in [0, 0.1) is 5.41 Å². The molecule has 2 saturated carbocycles. The Kier molecular flexibility index (Phi) is 5.06. The molecule has 1 N–H and O–H groups in total. The summed E-state index contributed by atoms with van der Waals surface area (Å²) in [5.41, 5.74) is 5.03. The third-order valence-electron chi connectivity index (χ3n) is 6.43. The molecule has 2 aliphatic rings. The van der Waals surface area contributed by atoms with Gasteiger partial charge in [-0.3, -0.25) is 4.79 Å². The summed E-state index contributed by atoms with van der Waals surface area (Å²) in [5, 5.41) is 3.15. The van der Waals surface area contributed by atoms with Gasteiger partial charge in [0.15, 0.2) is 0 Å². The number of nitrogens with one attached hydrogen (secondary N) is 1. The van der Waals surface area contributed by atoms with Gasteiger partial charge in [-0.25, -0.2) is 0 Å². The van der Waals surface area contributed by atoms with Gasteiger partial charge < -0.3 is 5.32 Å². The molecule has 0 radical (unpaired) electrons. The Morgan fingerprint density at radius 1 is 1.03 bits per heavy atom. The van der Waals surface area contributed by atoms with Gasteiger partial charge in [0, 0.05) is 19.4 Å². The van der Waals surface area contributed by atoms with Gasteiger partial charge in [0.2, 0.25) is 0 Å². The van der Waals surface area contributed by atoms with Gasteiger partial charge in [0.05, 0.1) is 9.90 Å². The van der Waals surface area contributed by atoms with E-state index < -0.39 is 0 Å². The van der Waals surface area contributed by atoms with E-state index in [0.717, 1.165) is 42.4 Å². The zero-order valence-electron chi connectivity index (χ0n) is 17.5. The standard InChI is InChI=1S/C25H23Cl2NOS/c26-22-20(13-16-7-9-18(10-8-16)17-5-2-1-3-6-17)21(23(27)30-22)24(29)28-19-14-25(15-19)11-4-12-25/h1-3,5-10,19H,4,11-15H2,(H,28,29)/i4D. The molecule has 154 valence electrons. The van der Waals surface area contributed by atoms with Crippen molar-refractivity contribution in [3.8, 4) is 11.1 Å². The largest absolute Gasteiger partial charge is 0.349 e. The second-order valence-electron chi connectivity index (χ2n) is 8.52. The van der Waals surface area contributed by atoms with Gasteiger partial charge >= 0.3 is 0 Å². The molecule has 0 saturated heterocycles. The van der Waals surface area contributed by atoms with E-state index in [1.807, 2.05) is 18.2 Å². The van der Waals surface area contributed by atoms with Crippen LogP contribution in [0.3, 0.4) is 0 Å². The Bertz CT molecular complexity index is 1100. The molecule has 0 unspecified atom stereocenters. The number of carbonyl (C=O) groups excluding carboxylic acids is 1. The number of hydrogen-bond donors (Lipinski definition) is 1. The van der Waals surface area contributed by atoms with E-state index in [0.29, 0.717) is 26.1 Å². The monoisotopic (exact) mass is 456 g/mol. The van der Waals surface area contributed by atoms with Crippen LogP contribution in [0.5, 0.6) is 0 Å². The fraction of sp³-hybridized carbons (Fsp3) is 0.320. The van der Waals surface area contributed by atoms with Crippen LogP contribution < -0.4 is 5.32 Å². The van der Waals surface area contributed by atoms with Gasteiger partial charge in [-0.1, -0.05) is 84.2 Å². The number of benzene rings is 2. The molecule has 0 bridgehead atoms. The fourth-order valence-corrected chi connectivity index (χ4v) is 6.39. The van der Waals surface area contributed by atoms with Crippen molar-refractivity contribution in [3.63, 3.8) is 0 Å². The van der Waals surface area contributed by atoms with Crippen LogP contribution in [0.4, 0.5) is 0 Å². The predicted molar refractivity (Wildman–Crippen MR) is 126 cm³/mol. The predicted octanol–water partition coefficient (Wildman–Crippen LogP) is 7.38. The molecule has 1 heterocycles. The first kappa shape index (κ1) is 18.9. The Hall–Kier alpha value is -1.81. The number of carbonyl (C=O) groups is 1. The van der Waals surface area contributed by atoms with Crippen molar-refractivity contribution in [1.29, 1.82) is 0 Å². The number of thiophene rings is 1. The van der Waals surface area contributed by atoms with Crippen LogP contribution in [0.25, 0.3) is 11.1 Å². The molecule has 2 fully saturated rings. The lowest BCUT2D eigenvalue weighted by Crippen LogP contribution is -2.53. The van der Waals surface area contributed by atoms with Crippen LogP contribution in [-0.2, 0) is 6.42 Å². The van der Waals surface area contributed by atoms with Crippen LogP contribution in [0.1, 0.15) is 54.9 Å². The quantitative estimate of drug-likeness (QED) is 0.426. The summed E-state index contributed by atoms with van der Waals surface area (Å²) in [6, 6.07) is 18.8. The molecule has 1 amide bonds. The highest BCUT2D eigenvalue weighted by atomic mass is 35.5. The Balaban J connectivity index is 1.29. The third kappa shape index (κ3) is 3.79. The van der Waals surface area contributed by atoms with E-state index in [2.05, 4.69) is 41.7 Å². The van der Waals surface area contributed by atoms with Crippen LogP contribution >= 0.6 is 34.5 Å².